The molecular formula is C8H18BNO. The highest BCUT2D eigenvalue weighted by Gasteiger charge is 2.14. The zero-order valence-corrected chi connectivity index (χ0v) is 8.05. The molecule has 11 heavy (non-hydrogen) atoms. The van der Waals surface area contributed by atoms with Crippen molar-refractivity contribution in [2.75, 3.05) is 13.1 Å². The molecule has 0 spiro atoms. The van der Waals surface area contributed by atoms with Gasteiger partial charge in [-0.2, -0.15) is 0 Å². The minimum absolute atomic E-state index is 0.214. The first-order valence-electron chi connectivity index (χ1n) is 4.14. The van der Waals surface area contributed by atoms with Crippen LogP contribution in [0.4, 0.5) is 0 Å². The van der Waals surface area contributed by atoms with Gasteiger partial charge in [-0.3, -0.25) is 4.79 Å². The van der Waals surface area contributed by atoms with Crippen molar-refractivity contribution in [2.24, 2.45) is 0 Å². The van der Waals surface area contributed by atoms with Gasteiger partial charge in [0.15, 0.2) is 0 Å². The first-order valence-corrected chi connectivity index (χ1v) is 4.14. The SMILES string of the molecule is CC.CC(=O)N1CCC1.[B]C. The number of hydrogen-bond acceptors (Lipinski definition) is 1. The predicted molar refractivity (Wildman–Crippen MR) is 49.8 cm³/mol. The maximum Gasteiger partial charge on any atom is 0.219 e. The molecule has 1 heterocycles. The molecule has 1 rings (SSSR count). The Morgan fingerprint density at radius 3 is 1.64 bits per heavy atom. The first-order chi connectivity index (χ1) is 5.30. The van der Waals surface area contributed by atoms with Crippen molar-refractivity contribution < 1.29 is 4.79 Å². The zero-order chi connectivity index (χ0) is 9.28. The van der Waals surface area contributed by atoms with Crippen molar-refractivity contribution in [3.63, 3.8) is 0 Å². The highest BCUT2D eigenvalue weighted by molar-refractivity contribution is 6.05. The summed E-state index contributed by atoms with van der Waals surface area (Å²) in [5, 5.41) is 0. The lowest BCUT2D eigenvalue weighted by molar-refractivity contribution is -0.132. The van der Waals surface area contributed by atoms with Crippen LogP contribution in [0.25, 0.3) is 0 Å². The van der Waals surface area contributed by atoms with Crippen LogP contribution in [0.2, 0.25) is 6.82 Å². The molecule has 3 heteroatoms. The van der Waals surface area contributed by atoms with Gasteiger partial charge in [-0.25, -0.2) is 0 Å². The van der Waals surface area contributed by atoms with Gasteiger partial charge >= 0.3 is 0 Å². The summed E-state index contributed by atoms with van der Waals surface area (Å²) in [6.07, 6.45) is 1.19. The summed E-state index contributed by atoms with van der Waals surface area (Å²) in [4.78, 5) is 12.2. The van der Waals surface area contributed by atoms with E-state index in [0.29, 0.717) is 0 Å². The summed E-state index contributed by atoms with van der Waals surface area (Å²) < 4.78 is 0. The summed E-state index contributed by atoms with van der Waals surface area (Å²) in [5.74, 6) is 0.214. The van der Waals surface area contributed by atoms with Crippen molar-refractivity contribution in [2.45, 2.75) is 34.0 Å². The standard InChI is InChI=1S/C5H9NO.C2H6.CH3B/c1-5(7)6-3-2-4-6;2*1-2/h2-4H2,1H3;1-2H3;1H3. The Hall–Kier alpha value is -0.465. The van der Waals surface area contributed by atoms with Crippen LogP contribution in [-0.4, -0.2) is 31.7 Å². The van der Waals surface area contributed by atoms with Gasteiger partial charge in [-0.15, -0.1) is 0 Å². The van der Waals surface area contributed by atoms with Crippen molar-refractivity contribution in [3.8, 4) is 0 Å². The fraction of sp³-hybridized carbons (Fsp3) is 0.875. The Morgan fingerprint density at radius 2 is 1.64 bits per heavy atom. The molecule has 0 bridgehead atoms. The van der Waals surface area contributed by atoms with Crippen LogP contribution in [0, 0.1) is 0 Å². The van der Waals surface area contributed by atoms with E-state index in [9.17, 15) is 4.79 Å². The molecular weight excluding hydrogens is 137 g/mol. The van der Waals surface area contributed by atoms with Crippen LogP contribution in [0.1, 0.15) is 27.2 Å². The molecule has 2 radical (unpaired) electrons. The first kappa shape index (κ1) is 13.1. The molecule has 1 amide bonds. The molecule has 1 saturated heterocycles. The third-order valence-electron chi connectivity index (χ3n) is 1.30. The molecule has 2 nitrogen and oxygen atoms in total. The van der Waals surface area contributed by atoms with Crippen molar-refractivity contribution in [1.29, 1.82) is 0 Å². The van der Waals surface area contributed by atoms with E-state index in [4.69, 9.17) is 0 Å². The van der Waals surface area contributed by atoms with Gasteiger partial charge in [0.2, 0.25) is 5.91 Å². The number of carbonyl (C=O) groups is 1. The third kappa shape index (κ3) is 5.95. The molecule has 0 unspecified atom stereocenters. The van der Waals surface area contributed by atoms with Gasteiger partial charge in [0.05, 0.1) is 7.85 Å². The second-order valence-corrected chi connectivity index (χ2v) is 1.86. The Labute approximate surface area is 71.4 Å². The van der Waals surface area contributed by atoms with Crippen LogP contribution in [0.5, 0.6) is 0 Å². The molecule has 0 aliphatic carbocycles. The lowest BCUT2D eigenvalue weighted by Gasteiger charge is -2.29. The number of amides is 1. The maximum atomic E-state index is 10.4. The molecule has 1 fully saturated rings. The van der Waals surface area contributed by atoms with Crippen molar-refractivity contribution in [1.82, 2.24) is 4.90 Å². The number of nitrogens with zero attached hydrogens (tertiary/aromatic N) is 1. The second kappa shape index (κ2) is 9.53. The highest BCUT2D eigenvalue weighted by atomic mass is 16.2. The van der Waals surface area contributed by atoms with Crippen LogP contribution in [0.3, 0.4) is 0 Å². The number of rotatable bonds is 0. The Bertz CT molecular complexity index is 92.1. The van der Waals surface area contributed by atoms with Gasteiger partial charge < -0.3 is 4.90 Å². The fourth-order valence-corrected chi connectivity index (χ4v) is 0.631. The molecule has 1 aliphatic heterocycles. The molecule has 0 aromatic heterocycles. The largest absolute Gasteiger partial charge is 0.343 e. The Kier molecular flexibility index (Phi) is 11.4. The van der Waals surface area contributed by atoms with Gasteiger partial charge in [0, 0.05) is 20.0 Å². The Balaban J connectivity index is 0. The molecule has 1 aliphatic rings. The lowest BCUT2D eigenvalue weighted by Crippen LogP contribution is -2.40. The summed E-state index contributed by atoms with van der Waals surface area (Å²) in [7, 11) is 4.50. The molecule has 0 aromatic carbocycles. The molecule has 0 saturated carbocycles. The number of carbonyl (C=O) groups excluding carboxylic acids is 1. The fourth-order valence-electron chi connectivity index (χ4n) is 0.631. The lowest BCUT2D eigenvalue weighted by atomic mass is 10.2. The molecule has 0 N–H and O–H groups in total. The average Bonchev–Trinajstić information content (AvgIpc) is 1.92. The van der Waals surface area contributed by atoms with E-state index >= 15 is 0 Å². The molecule has 0 atom stereocenters. The summed E-state index contributed by atoms with van der Waals surface area (Å²) in [5.41, 5.74) is 0. The van der Waals surface area contributed by atoms with Crippen molar-refractivity contribution in [3.05, 3.63) is 0 Å². The second-order valence-electron chi connectivity index (χ2n) is 1.86. The molecule has 64 valence electrons. The van der Waals surface area contributed by atoms with Crippen LogP contribution < -0.4 is 0 Å². The Morgan fingerprint density at radius 1 is 1.27 bits per heavy atom. The average molecular weight is 155 g/mol. The van der Waals surface area contributed by atoms with Gasteiger partial charge in [-0.1, -0.05) is 20.7 Å². The quantitative estimate of drug-likeness (QED) is 0.485. The van der Waals surface area contributed by atoms with E-state index in [2.05, 4.69) is 7.85 Å². The smallest absolute Gasteiger partial charge is 0.219 e. The van der Waals surface area contributed by atoms with Gasteiger partial charge in [-0.05, 0) is 6.42 Å². The minimum atomic E-state index is 0.214. The zero-order valence-electron chi connectivity index (χ0n) is 8.05. The highest BCUT2D eigenvalue weighted by Crippen LogP contribution is 2.03. The monoisotopic (exact) mass is 155 g/mol. The van der Waals surface area contributed by atoms with Gasteiger partial charge in [0.25, 0.3) is 0 Å². The van der Waals surface area contributed by atoms with Crippen LogP contribution in [-0.2, 0) is 4.79 Å². The summed E-state index contributed by atoms with van der Waals surface area (Å²) in [6, 6.07) is 0. The minimum Gasteiger partial charge on any atom is -0.343 e. The van der Waals surface area contributed by atoms with E-state index in [1.807, 2.05) is 18.7 Å². The van der Waals surface area contributed by atoms with E-state index < -0.39 is 0 Å². The topological polar surface area (TPSA) is 20.3 Å². The van der Waals surface area contributed by atoms with Crippen LogP contribution >= 0.6 is 0 Å². The van der Waals surface area contributed by atoms with E-state index in [0.717, 1.165) is 13.1 Å². The summed E-state index contributed by atoms with van der Waals surface area (Å²) >= 11 is 0. The van der Waals surface area contributed by atoms with E-state index in [-0.39, 0.29) is 5.91 Å². The normalized spacial score (nSPS) is 12.9. The summed E-state index contributed by atoms with van der Waals surface area (Å²) in [6.45, 7) is 9.07. The van der Waals surface area contributed by atoms with Gasteiger partial charge in [0.1, 0.15) is 0 Å². The number of likely N-dealkylation sites (tertiary alicyclic amines) is 1. The number of hydrogen-bond donors (Lipinski definition) is 0. The van der Waals surface area contributed by atoms with E-state index in [1.54, 1.807) is 6.92 Å². The van der Waals surface area contributed by atoms with Crippen molar-refractivity contribution >= 4 is 13.8 Å². The third-order valence-corrected chi connectivity index (χ3v) is 1.30. The predicted octanol–water partition coefficient (Wildman–Crippen LogP) is 1.47. The maximum absolute atomic E-state index is 10.4. The van der Waals surface area contributed by atoms with Crippen LogP contribution in [0.15, 0.2) is 0 Å². The molecule has 0 aromatic rings. The van der Waals surface area contributed by atoms with E-state index in [1.165, 1.54) is 13.2 Å².